The van der Waals surface area contributed by atoms with Crippen LogP contribution in [0, 0.1) is 5.92 Å². The van der Waals surface area contributed by atoms with Gasteiger partial charge in [0.15, 0.2) is 0 Å². The zero-order valence-corrected chi connectivity index (χ0v) is 14.1. The molecule has 0 aromatic heterocycles. The summed E-state index contributed by atoms with van der Waals surface area (Å²) < 4.78 is 0. The first-order chi connectivity index (χ1) is 11.6. The lowest BCUT2D eigenvalue weighted by Gasteiger charge is -2.32. The van der Waals surface area contributed by atoms with E-state index in [-0.39, 0.29) is 5.91 Å². The van der Waals surface area contributed by atoms with E-state index in [1.807, 2.05) is 36.4 Å². The number of carbonyl (C=O) groups is 1. The second kappa shape index (κ2) is 6.19. The van der Waals surface area contributed by atoms with Crippen LogP contribution in [0.25, 0.3) is 10.8 Å². The number of aliphatic hydroxyl groups excluding tert-OH is 1. The maximum atomic E-state index is 12.7. The van der Waals surface area contributed by atoms with E-state index in [2.05, 4.69) is 11.8 Å². The lowest BCUT2D eigenvalue weighted by Crippen LogP contribution is -2.44. The van der Waals surface area contributed by atoms with Crippen LogP contribution in [0.5, 0.6) is 0 Å². The minimum Gasteiger partial charge on any atom is -0.390 e. The number of amides is 1. The predicted molar refractivity (Wildman–Crippen MR) is 96.5 cm³/mol. The van der Waals surface area contributed by atoms with Crippen LogP contribution < -0.4 is 4.90 Å². The highest BCUT2D eigenvalue weighted by atomic mass is 16.3. The van der Waals surface area contributed by atoms with Gasteiger partial charge in [0.05, 0.1) is 18.3 Å². The third kappa shape index (κ3) is 2.70. The Kier molecular flexibility index (Phi) is 4.02. The SMILES string of the molecule is CC1CCN(C[C@@H](O)CN2C(=O)c3cccc4cccc2c34)CC1. The van der Waals surface area contributed by atoms with E-state index in [0.717, 1.165) is 41.0 Å². The van der Waals surface area contributed by atoms with Gasteiger partial charge < -0.3 is 14.9 Å². The van der Waals surface area contributed by atoms with Gasteiger partial charge in [0, 0.05) is 17.5 Å². The summed E-state index contributed by atoms with van der Waals surface area (Å²) in [7, 11) is 0. The van der Waals surface area contributed by atoms with Crippen molar-refractivity contribution in [1.82, 2.24) is 4.90 Å². The van der Waals surface area contributed by atoms with Crippen LogP contribution >= 0.6 is 0 Å². The fourth-order valence-corrected chi connectivity index (χ4v) is 3.97. The minimum absolute atomic E-state index is 0.00752. The van der Waals surface area contributed by atoms with Crippen LogP contribution in [0.4, 0.5) is 5.69 Å². The molecule has 0 saturated carbocycles. The molecule has 4 nitrogen and oxygen atoms in total. The van der Waals surface area contributed by atoms with E-state index < -0.39 is 6.10 Å². The maximum absolute atomic E-state index is 12.7. The first-order valence-electron chi connectivity index (χ1n) is 8.87. The maximum Gasteiger partial charge on any atom is 0.259 e. The van der Waals surface area contributed by atoms with Crippen molar-refractivity contribution in [2.75, 3.05) is 31.1 Å². The molecule has 0 radical (unpaired) electrons. The Morgan fingerprint density at radius 1 is 1.12 bits per heavy atom. The third-order valence-corrected chi connectivity index (χ3v) is 5.39. The van der Waals surface area contributed by atoms with Gasteiger partial charge in [-0.1, -0.05) is 31.2 Å². The van der Waals surface area contributed by atoms with E-state index in [0.29, 0.717) is 13.1 Å². The van der Waals surface area contributed by atoms with Crippen LogP contribution in [-0.4, -0.2) is 48.2 Å². The van der Waals surface area contributed by atoms with Crippen molar-refractivity contribution in [2.24, 2.45) is 5.92 Å². The Labute approximate surface area is 142 Å². The number of benzene rings is 2. The highest BCUT2D eigenvalue weighted by Crippen LogP contribution is 2.37. The van der Waals surface area contributed by atoms with Crippen molar-refractivity contribution in [3.8, 4) is 0 Å². The molecule has 1 fully saturated rings. The topological polar surface area (TPSA) is 43.8 Å². The van der Waals surface area contributed by atoms with Gasteiger partial charge in [-0.3, -0.25) is 4.79 Å². The molecule has 24 heavy (non-hydrogen) atoms. The molecule has 0 unspecified atom stereocenters. The van der Waals surface area contributed by atoms with Gasteiger partial charge in [-0.25, -0.2) is 0 Å². The molecule has 2 aromatic carbocycles. The minimum atomic E-state index is -0.521. The fourth-order valence-electron chi connectivity index (χ4n) is 3.97. The van der Waals surface area contributed by atoms with Crippen LogP contribution in [0.3, 0.4) is 0 Å². The van der Waals surface area contributed by atoms with Crippen LogP contribution in [-0.2, 0) is 0 Å². The molecule has 1 atom stereocenters. The molecule has 1 N–H and O–H groups in total. The van der Waals surface area contributed by atoms with Crippen LogP contribution in [0.1, 0.15) is 30.1 Å². The van der Waals surface area contributed by atoms with E-state index in [4.69, 9.17) is 0 Å². The second-order valence-electron chi connectivity index (χ2n) is 7.23. The van der Waals surface area contributed by atoms with Gasteiger partial charge in [0.1, 0.15) is 0 Å². The summed E-state index contributed by atoms with van der Waals surface area (Å²) in [5.41, 5.74) is 1.68. The van der Waals surface area contributed by atoms with Crippen LogP contribution in [0.15, 0.2) is 36.4 Å². The third-order valence-electron chi connectivity index (χ3n) is 5.39. The number of carbonyl (C=O) groups excluding carboxylic acids is 1. The van der Waals surface area contributed by atoms with Crippen molar-refractivity contribution < 1.29 is 9.90 Å². The Morgan fingerprint density at radius 2 is 1.83 bits per heavy atom. The summed E-state index contributed by atoms with van der Waals surface area (Å²) in [6, 6.07) is 11.8. The molecule has 2 aliphatic rings. The zero-order chi connectivity index (χ0) is 16.7. The molecule has 0 bridgehead atoms. The summed E-state index contributed by atoms with van der Waals surface area (Å²) in [5, 5.41) is 12.6. The standard InChI is InChI=1S/C20H24N2O2/c1-14-8-10-21(11-9-14)12-16(23)13-22-18-7-3-5-15-4-2-6-17(19(15)18)20(22)24/h2-7,14,16,23H,8-13H2,1H3/t16-/m1/s1. The number of nitrogens with zero attached hydrogens (tertiary/aromatic N) is 2. The Balaban J connectivity index is 1.50. The predicted octanol–water partition coefficient (Wildman–Crippen LogP) is 2.89. The molecule has 0 spiro atoms. The van der Waals surface area contributed by atoms with Crippen LogP contribution in [0.2, 0.25) is 0 Å². The normalized spacial score (nSPS) is 20.1. The summed E-state index contributed by atoms with van der Waals surface area (Å²) in [6.07, 6.45) is 1.87. The lowest BCUT2D eigenvalue weighted by atomic mass is 9.99. The Bertz CT molecular complexity index is 760. The van der Waals surface area contributed by atoms with E-state index in [1.165, 1.54) is 12.8 Å². The largest absolute Gasteiger partial charge is 0.390 e. The highest BCUT2D eigenvalue weighted by Gasteiger charge is 2.31. The summed E-state index contributed by atoms with van der Waals surface area (Å²) >= 11 is 0. The Hall–Kier alpha value is -1.91. The van der Waals surface area contributed by atoms with Crippen molar-refractivity contribution in [3.63, 3.8) is 0 Å². The molecule has 0 aliphatic carbocycles. The van der Waals surface area contributed by atoms with Crippen molar-refractivity contribution in [3.05, 3.63) is 42.0 Å². The summed E-state index contributed by atoms with van der Waals surface area (Å²) in [6.45, 7) is 5.38. The molecule has 2 aliphatic heterocycles. The Morgan fingerprint density at radius 3 is 2.58 bits per heavy atom. The van der Waals surface area contributed by atoms with Gasteiger partial charge in [0.2, 0.25) is 0 Å². The molecular formula is C20H24N2O2. The number of rotatable bonds is 4. The van der Waals surface area contributed by atoms with E-state index in [1.54, 1.807) is 4.90 Å². The molecule has 4 rings (SSSR count). The average molecular weight is 324 g/mol. The molecule has 1 amide bonds. The van der Waals surface area contributed by atoms with Gasteiger partial charge in [-0.2, -0.15) is 0 Å². The van der Waals surface area contributed by atoms with E-state index >= 15 is 0 Å². The second-order valence-corrected chi connectivity index (χ2v) is 7.23. The van der Waals surface area contributed by atoms with Crippen molar-refractivity contribution >= 4 is 22.4 Å². The first kappa shape index (κ1) is 15.6. The number of aliphatic hydroxyl groups is 1. The molecule has 2 aromatic rings. The van der Waals surface area contributed by atoms with Gasteiger partial charge in [-0.05, 0) is 49.4 Å². The molecule has 126 valence electrons. The average Bonchev–Trinajstić information content (AvgIpc) is 2.85. The smallest absolute Gasteiger partial charge is 0.259 e. The van der Waals surface area contributed by atoms with Gasteiger partial charge in [-0.15, -0.1) is 0 Å². The molecular weight excluding hydrogens is 300 g/mol. The molecule has 1 saturated heterocycles. The zero-order valence-electron chi connectivity index (χ0n) is 14.1. The molecule has 4 heteroatoms. The quantitative estimate of drug-likeness (QED) is 0.940. The molecule has 2 heterocycles. The van der Waals surface area contributed by atoms with E-state index in [9.17, 15) is 9.90 Å². The van der Waals surface area contributed by atoms with Gasteiger partial charge >= 0.3 is 0 Å². The number of anilines is 1. The first-order valence-corrected chi connectivity index (χ1v) is 8.87. The van der Waals surface area contributed by atoms with Crippen molar-refractivity contribution in [1.29, 1.82) is 0 Å². The number of hydrogen-bond donors (Lipinski definition) is 1. The fraction of sp³-hybridized carbons (Fsp3) is 0.450. The number of β-amino-alcohol motifs (C(OH)–C–C–N with tert-alkyl or cyclic N) is 1. The highest BCUT2D eigenvalue weighted by molar-refractivity contribution is 6.25. The number of hydrogen-bond acceptors (Lipinski definition) is 3. The monoisotopic (exact) mass is 324 g/mol. The number of piperidine rings is 1. The van der Waals surface area contributed by atoms with Crippen molar-refractivity contribution in [2.45, 2.75) is 25.9 Å². The lowest BCUT2D eigenvalue weighted by molar-refractivity contribution is 0.0860. The number of likely N-dealkylation sites (tertiary alicyclic amines) is 1. The summed E-state index contributed by atoms with van der Waals surface area (Å²) in [5.74, 6) is 0.791. The summed E-state index contributed by atoms with van der Waals surface area (Å²) in [4.78, 5) is 16.8. The van der Waals surface area contributed by atoms with Gasteiger partial charge in [0.25, 0.3) is 5.91 Å².